The number of nitrogens with zero attached hydrogens (tertiary/aromatic N) is 2. The third-order valence-corrected chi connectivity index (χ3v) is 2.91. The fraction of sp³-hybridized carbons (Fsp3) is 0.214. The summed E-state index contributed by atoms with van der Waals surface area (Å²) in [4.78, 5) is 22.7. The maximum atomic E-state index is 11.7. The molecule has 0 radical (unpaired) electrons. The van der Waals surface area contributed by atoms with E-state index in [1.165, 1.54) is 0 Å². The Labute approximate surface area is 122 Å². The first kappa shape index (κ1) is 14.6. The molecule has 0 bridgehead atoms. The molecule has 0 atom stereocenters. The lowest BCUT2D eigenvalue weighted by Crippen LogP contribution is -2.28. The molecule has 0 aliphatic heterocycles. The van der Waals surface area contributed by atoms with Crippen molar-refractivity contribution in [3.8, 4) is 0 Å². The zero-order valence-corrected chi connectivity index (χ0v) is 11.7. The van der Waals surface area contributed by atoms with Crippen LogP contribution in [0.15, 0.2) is 36.7 Å². The number of aromatic nitrogens is 2. The lowest BCUT2D eigenvalue weighted by atomic mass is 10.1. The van der Waals surface area contributed by atoms with Crippen LogP contribution < -0.4 is 16.4 Å². The van der Waals surface area contributed by atoms with Crippen LogP contribution in [0, 0.1) is 0 Å². The van der Waals surface area contributed by atoms with Crippen LogP contribution >= 0.6 is 0 Å². The normalized spacial score (nSPS) is 10.1. The average molecular weight is 287 g/mol. The monoisotopic (exact) mass is 287 g/mol. The van der Waals surface area contributed by atoms with Gasteiger partial charge in [-0.05, 0) is 24.6 Å². The summed E-state index contributed by atoms with van der Waals surface area (Å²) >= 11 is 0. The van der Waals surface area contributed by atoms with Gasteiger partial charge in [-0.25, -0.2) is 4.79 Å². The average Bonchev–Trinajstić information content (AvgIpc) is 2.93. The van der Waals surface area contributed by atoms with Gasteiger partial charge in [-0.2, -0.15) is 5.10 Å². The van der Waals surface area contributed by atoms with Crippen molar-refractivity contribution < 1.29 is 9.59 Å². The molecule has 3 amide bonds. The maximum Gasteiger partial charge on any atom is 0.319 e. The van der Waals surface area contributed by atoms with Crippen molar-refractivity contribution in [2.45, 2.75) is 20.0 Å². The van der Waals surface area contributed by atoms with Crippen LogP contribution in [-0.4, -0.2) is 21.7 Å². The summed E-state index contributed by atoms with van der Waals surface area (Å²) < 4.78 is 1.72. The third kappa shape index (κ3) is 4.07. The second kappa shape index (κ2) is 6.56. The second-order valence-electron chi connectivity index (χ2n) is 4.45. The fourth-order valence-corrected chi connectivity index (χ4v) is 1.75. The van der Waals surface area contributed by atoms with E-state index in [-0.39, 0.29) is 6.03 Å². The molecule has 2 aromatic rings. The summed E-state index contributed by atoms with van der Waals surface area (Å²) in [6.07, 6.45) is 3.34. The minimum atomic E-state index is -0.472. The second-order valence-corrected chi connectivity index (χ2v) is 4.45. The van der Waals surface area contributed by atoms with E-state index < -0.39 is 5.91 Å². The highest BCUT2D eigenvalue weighted by Crippen LogP contribution is 2.06. The zero-order valence-electron chi connectivity index (χ0n) is 11.7. The van der Waals surface area contributed by atoms with Gasteiger partial charge in [0.05, 0.1) is 11.9 Å². The number of rotatable bonds is 5. The van der Waals surface area contributed by atoms with Gasteiger partial charge < -0.3 is 16.4 Å². The predicted octanol–water partition coefficient (Wildman–Crippen LogP) is 1.32. The Morgan fingerprint density at radius 3 is 2.57 bits per heavy atom. The number of benzene rings is 1. The number of aryl methyl sites for hydroxylation is 1. The van der Waals surface area contributed by atoms with E-state index in [4.69, 9.17) is 5.73 Å². The fourth-order valence-electron chi connectivity index (χ4n) is 1.75. The van der Waals surface area contributed by atoms with E-state index in [9.17, 15) is 9.59 Å². The molecular weight excluding hydrogens is 270 g/mol. The first-order valence-corrected chi connectivity index (χ1v) is 6.54. The molecule has 0 saturated heterocycles. The summed E-state index contributed by atoms with van der Waals surface area (Å²) in [6.45, 7) is 3.06. The molecule has 2 rings (SSSR count). The molecular formula is C14H17N5O2. The Hall–Kier alpha value is -2.83. The Bertz CT molecular complexity index is 633. The third-order valence-electron chi connectivity index (χ3n) is 2.91. The van der Waals surface area contributed by atoms with E-state index in [1.807, 2.05) is 6.92 Å². The van der Waals surface area contributed by atoms with Crippen molar-refractivity contribution >= 4 is 17.6 Å². The first-order chi connectivity index (χ1) is 10.1. The van der Waals surface area contributed by atoms with Crippen molar-refractivity contribution in [3.05, 3.63) is 47.8 Å². The Kier molecular flexibility index (Phi) is 4.55. The Morgan fingerprint density at radius 2 is 2.00 bits per heavy atom. The molecule has 7 nitrogen and oxygen atoms in total. The van der Waals surface area contributed by atoms with Crippen LogP contribution in [0.4, 0.5) is 10.5 Å². The van der Waals surface area contributed by atoms with Gasteiger partial charge in [-0.15, -0.1) is 0 Å². The van der Waals surface area contributed by atoms with Gasteiger partial charge in [0, 0.05) is 24.8 Å². The topological polar surface area (TPSA) is 102 Å². The number of hydrogen-bond acceptors (Lipinski definition) is 3. The maximum absolute atomic E-state index is 11.7. The molecule has 4 N–H and O–H groups in total. The van der Waals surface area contributed by atoms with Crippen LogP contribution in [0.2, 0.25) is 0 Å². The number of carbonyl (C=O) groups is 2. The van der Waals surface area contributed by atoms with Crippen LogP contribution in [0.25, 0.3) is 0 Å². The molecule has 7 heteroatoms. The molecule has 0 aliphatic carbocycles. The van der Waals surface area contributed by atoms with Crippen molar-refractivity contribution in [1.29, 1.82) is 0 Å². The molecule has 1 aromatic heterocycles. The number of anilines is 1. The van der Waals surface area contributed by atoms with Crippen LogP contribution in [0.5, 0.6) is 0 Å². The highest BCUT2D eigenvalue weighted by Gasteiger charge is 2.04. The van der Waals surface area contributed by atoms with Crippen LogP contribution in [-0.2, 0) is 13.1 Å². The van der Waals surface area contributed by atoms with Crippen LogP contribution in [0.3, 0.4) is 0 Å². The highest BCUT2D eigenvalue weighted by atomic mass is 16.2. The van der Waals surface area contributed by atoms with E-state index in [0.717, 1.165) is 12.1 Å². The summed E-state index contributed by atoms with van der Waals surface area (Å²) in [6, 6.07) is 6.43. The smallest absolute Gasteiger partial charge is 0.319 e. The molecule has 0 aliphatic rings. The molecule has 1 heterocycles. The van der Waals surface area contributed by atoms with Gasteiger partial charge in [-0.3, -0.25) is 9.48 Å². The van der Waals surface area contributed by atoms with Crippen molar-refractivity contribution in [2.75, 3.05) is 5.32 Å². The van der Waals surface area contributed by atoms with Gasteiger partial charge in [0.25, 0.3) is 0 Å². The Morgan fingerprint density at radius 1 is 1.29 bits per heavy atom. The first-order valence-electron chi connectivity index (χ1n) is 6.54. The van der Waals surface area contributed by atoms with Crippen molar-refractivity contribution in [1.82, 2.24) is 15.1 Å². The SMILES string of the molecule is CCn1cc(NC(=O)NCc2ccc(C(N)=O)cc2)cn1. The highest BCUT2D eigenvalue weighted by molar-refractivity contribution is 5.92. The van der Waals surface area contributed by atoms with Gasteiger partial charge >= 0.3 is 6.03 Å². The molecule has 0 saturated carbocycles. The molecule has 0 spiro atoms. The lowest BCUT2D eigenvalue weighted by molar-refractivity contribution is 0.1000. The minimum absolute atomic E-state index is 0.315. The molecule has 1 aromatic carbocycles. The van der Waals surface area contributed by atoms with E-state index in [1.54, 1.807) is 41.3 Å². The standard InChI is InChI=1S/C14H17N5O2/c1-2-19-9-12(8-17-19)18-14(21)16-7-10-3-5-11(6-4-10)13(15)20/h3-6,8-9H,2,7H2,1H3,(H2,15,20)(H2,16,18,21). The van der Waals surface area contributed by atoms with Crippen molar-refractivity contribution in [2.24, 2.45) is 5.73 Å². The largest absolute Gasteiger partial charge is 0.366 e. The summed E-state index contributed by atoms with van der Waals surface area (Å²) in [7, 11) is 0. The predicted molar refractivity (Wildman–Crippen MR) is 78.7 cm³/mol. The number of nitrogens with one attached hydrogen (secondary N) is 2. The number of primary amides is 1. The van der Waals surface area contributed by atoms with Crippen LogP contribution in [0.1, 0.15) is 22.8 Å². The van der Waals surface area contributed by atoms with Gasteiger partial charge in [0.1, 0.15) is 0 Å². The van der Waals surface area contributed by atoms with Crippen molar-refractivity contribution in [3.63, 3.8) is 0 Å². The summed E-state index contributed by atoms with van der Waals surface area (Å²) in [5.74, 6) is -0.472. The number of urea groups is 1. The summed E-state index contributed by atoms with van der Waals surface area (Å²) in [5, 5.41) is 9.47. The minimum Gasteiger partial charge on any atom is -0.366 e. The number of carbonyl (C=O) groups excluding carboxylic acids is 2. The quantitative estimate of drug-likeness (QED) is 0.773. The molecule has 21 heavy (non-hydrogen) atoms. The number of amides is 3. The summed E-state index contributed by atoms with van der Waals surface area (Å²) in [5.41, 5.74) is 7.11. The number of hydrogen-bond donors (Lipinski definition) is 3. The van der Waals surface area contributed by atoms with Gasteiger partial charge in [0.15, 0.2) is 0 Å². The molecule has 0 fully saturated rings. The van der Waals surface area contributed by atoms with E-state index in [0.29, 0.717) is 17.8 Å². The number of nitrogens with two attached hydrogens (primary N) is 1. The lowest BCUT2D eigenvalue weighted by Gasteiger charge is -2.06. The van der Waals surface area contributed by atoms with Gasteiger partial charge in [-0.1, -0.05) is 12.1 Å². The molecule has 0 unspecified atom stereocenters. The van der Waals surface area contributed by atoms with E-state index in [2.05, 4.69) is 15.7 Å². The molecule has 110 valence electrons. The van der Waals surface area contributed by atoms with Gasteiger partial charge in [0.2, 0.25) is 5.91 Å². The Balaban J connectivity index is 1.84. The van der Waals surface area contributed by atoms with E-state index >= 15 is 0 Å². The zero-order chi connectivity index (χ0) is 15.2.